The van der Waals surface area contributed by atoms with Crippen molar-refractivity contribution >= 4 is 0 Å². The molecule has 0 aliphatic rings. The minimum Gasteiger partial charge on any atom is -0.377 e. The van der Waals surface area contributed by atoms with Crippen molar-refractivity contribution in [2.75, 3.05) is 13.2 Å². The molecule has 0 aliphatic heterocycles. The summed E-state index contributed by atoms with van der Waals surface area (Å²) >= 11 is 0. The van der Waals surface area contributed by atoms with Gasteiger partial charge in [-0.25, -0.2) is 0 Å². The van der Waals surface area contributed by atoms with Crippen molar-refractivity contribution in [1.82, 2.24) is 15.1 Å². The molecule has 86 valence electrons. The Morgan fingerprint density at radius 2 is 2.33 bits per heavy atom. The second-order valence-corrected chi connectivity index (χ2v) is 4.04. The number of hydrogen-bond acceptors (Lipinski definition) is 3. The fourth-order valence-electron chi connectivity index (χ4n) is 1.30. The molecule has 15 heavy (non-hydrogen) atoms. The van der Waals surface area contributed by atoms with Gasteiger partial charge in [-0.3, -0.25) is 4.68 Å². The van der Waals surface area contributed by atoms with Gasteiger partial charge in [0.2, 0.25) is 0 Å². The molecule has 0 spiro atoms. The summed E-state index contributed by atoms with van der Waals surface area (Å²) in [4.78, 5) is 0. The first-order chi connectivity index (χ1) is 7.18. The van der Waals surface area contributed by atoms with Crippen LogP contribution < -0.4 is 5.32 Å². The quantitative estimate of drug-likeness (QED) is 0.691. The van der Waals surface area contributed by atoms with Gasteiger partial charge in [-0.1, -0.05) is 13.8 Å². The lowest BCUT2D eigenvalue weighted by molar-refractivity contribution is 0.118. The molecule has 0 aromatic carbocycles. The second-order valence-electron chi connectivity index (χ2n) is 4.04. The molecule has 0 aliphatic carbocycles. The van der Waals surface area contributed by atoms with Crippen LogP contribution in [0.25, 0.3) is 0 Å². The molecule has 0 fully saturated rings. The summed E-state index contributed by atoms with van der Waals surface area (Å²) in [6, 6.07) is 0.559. The molecule has 1 rings (SSSR count). The Kier molecular flexibility index (Phi) is 5.36. The summed E-state index contributed by atoms with van der Waals surface area (Å²) in [5, 5.41) is 7.43. The van der Waals surface area contributed by atoms with Crippen molar-refractivity contribution in [1.29, 1.82) is 0 Å². The van der Waals surface area contributed by atoms with Gasteiger partial charge < -0.3 is 10.1 Å². The van der Waals surface area contributed by atoms with Crippen LogP contribution in [-0.4, -0.2) is 29.0 Å². The first-order valence-corrected chi connectivity index (χ1v) is 5.47. The summed E-state index contributed by atoms with van der Waals surface area (Å²) in [6.07, 6.45) is 4.87. The lowest BCUT2D eigenvalue weighted by Crippen LogP contribution is -2.24. The highest BCUT2D eigenvalue weighted by molar-refractivity contribution is 5.01. The van der Waals surface area contributed by atoms with E-state index in [4.69, 9.17) is 4.74 Å². The highest BCUT2D eigenvalue weighted by Crippen LogP contribution is 1.98. The molecule has 0 saturated carbocycles. The molecule has 1 aromatic heterocycles. The van der Waals surface area contributed by atoms with Crippen LogP contribution in [0, 0.1) is 0 Å². The van der Waals surface area contributed by atoms with E-state index in [1.165, 1.54) is 0 Å². The summed E-state index contributed by atoms with van der Waals surface area (Å²) < 4.78 is 7.31. The normalized spacial score (nSPS) is 11.2. The molecule has 4 heteroatoms. The Hall–Kier alpha value is -0.870. The number of nitrogens with one attached hydrogen (secondary N) is 1. The average Bonchev–Trinajstić information content (AvgIpc) is 2.57. The molecule has 1 N–H and O–H groups in total. The molecule has 0 saturated heterocycles. The number of rotatable bonds is 7. The van der Waals surface area contributed by atoms with Crippen LogP contribution in [-0.2, 0) is 18.4 Å². The van der Waals surface area contributed by atoms with Crippen molar-refractivity contribution in [3.63, 3.8) is 0 Å². The minimum atomic E-state index is 0.559. The van der Waals surface area contributed by atoms with Crippen molar-refractivity contribution in [3.05, 3.63) is 18.0 Å². The van der Waals surface area contributed by atoms with Crippen LogP contribution in [0.5, 0.6) is 0 Å². The SMILES string of the molecule is CC(C)NCCCOCc1cnn(C)c1. The molecule has 0 amide bonds. The monoisotopic (exact) mass is 211 g/mol. The zero-order valence-corrected chi connectivity index (χ0v) is 9.86. The fourth-order valence-corrected chi connectivity index (χ4v) is 1.30. The third-order valence-corrected chi connectivity index (χ3v) is 2.05. The van der Waals surface area contributed by atoms with E-state index in [0.717, 1.165) is 25.1 Å². The summed E-state index contributed by atoms with van der Waals surface area (Å²) in [6.45, 7) is 6.78. The predicted octanol–water partition coefficient (Wildman–Crippen LogP) is 1.32. The van der Waals surface area contributed by atoms with Crippen molar-refractivity contribution in [2.24, 2.45) is 7.05 Å². The number of hydrogen-bond donors (Lipinski definition) is 1. The Morgan fingerprint density at radius 3 is 2.93 bits per heavy atom. The Balaban J connectivity index is 1.98. The van der Waals surface area contributed by atoms with Gasteiger partial charge in [0.25, 0.3) is 0 Å². The van der Waals surface area contributed by atoms with E-state index >= 15 is 0 Å². The zero-order valence-electron chi connectivity index (χ0n) is 9.86. The number of aromatic nitrogens is 2. The highest BCUT2D eigenvalue weighted by atomic mass is 16.5. The summed E-state index contributed by atoms with van der Waals surface area (Å²) in [7, 11) is 1.91. The maximum absolute atomic E-state index is 5.52. The van der Waals surface area contributed by atoms with Crippen LogP contribution in [0.3, 0.4) is 0 Å². The van der Waals surface area contributed by atoms with Crippen LogP contribution in [0.1, 0.15) is 25.8 Å². The number of aryl methyl sites for hydroxylation is 1. The summed E-state index contributed by atoms with van der Waals surface area (Å²) in [5.74, 6) is 0. The van der Waals surface area contributed by atoms with Gasteiger partial charge in [-0.15, -0.1) is 0 Å². The van der Waals surface area contributed by atoms with E-state index in [2.05, 4.69) is 24.3 Å². The van der Waals surface area contributed by atoms with Crippen LogP contribution in [0.2, 0.25) is 0 Å². The minimum absolute atomic E-state index is 0.559. The van der Waals surface area contributed by atoms with E-state index in [-0.39, 0.29) is 0 Å². The van der Waals surface area contributed by atoms with Crippen molar-refractivity contribution in [2.45, 2.75) is 32.9 Å². The first kappa shape index (κ1) is 12.2. The van der Waals surface area contributed by atoms with Crippen LogP contribution >= 0.6 is 0 Å². The molecule has 0 unspecified atom stereocenters. The Labute approximate surface area is 91.6 Å². The van der Waals surface area contributed by atoms with Gasteiger partial charge in [0.05, 0.1) is 12.8 Å². The highest BCUT2D eigenvalue weighted by Gasteiger charge is 1.96. The standard InChI is InChI=1S/C11H21N3O/c1-10(2)12-5-4-6-15-9-11-7-13-14(3)8-11/h7-8,10,12H,4-6,9H2,1-3H3. The lowest BCUT2D eigenvalue weighted by Gasteiger charge is -2.07. The average molecular weight is 211 g/mol. The molecule has 0 atom stereocenters. The topological polar surface area (TPSA) is 39.1 Å². The third-order valence-electron chi connectivity index (χ3n) is 2.05. The Morgan fingerprint density at radius 1 is 1.53 bits per heavy atom. The lowest BCUT2D eigenvalue weighted by atomic mass is 10.3. The van der Waals surface area contributed by atoms with Crippen molar-refractivity contribution in [3.8, 4) is 0 Å². The van der Waals surface area contributed by atoms with E-state index < -0.39 is 0 Å². The molecule has 4 nitrogen and oxygen atoms in total. The maximum Gasteiger partial charge on any atom is 0.0747 e. The van der Waals surface area contributed by atoms with Gasteiger partial charge >= 0.3 is 0 Å². The molecular formula is C11H21N3O. The number of ether oxygens (including phenoxy) is 1. The van der Waals surface area contributed by atoms with Gasteiger partial charge in [0, 0.05) is 31.5 Å². The molecule has 1 aromatic rings. The van der Waals surface area contributed by atoms with E-state index in [1.807, 2.05) is 19.4 Å². The van der Waals surface area contributed by atoms with Crippen LogP contribution in [0.15, 0.2) is 12.4 Å². The molecule has 0 radical (unpaired) electrons. The predicted molar refractivity (Wildman–Crippen MR) is 60.6 cm³/mol. The van der Waals surface area contributed by atoms with Crippen LogP contribution in [0.4, 0.5) is 0 Å². The van der Waals surface area contributed by atoms with Gasteiger partial charge in [-0.2, -0.15) is 5.10 Å². The first-order valence-electron chi connectivity index (χ1n) is 5.47. The van der Waals surface area contributed by atoms with Gasteiger partial charge in [-0.05, 0) is 13.0 Å². The number of nitrogens with zero attached hydrogens (tertiary/aromatic N) is 2. The largest absolute Gasteiger partial charge is 0.377 e. The Bertz CT molecular complexity index is 271. The van der Waals surface area contributed by atoms with E-state index in [9.17, 15) is 0 Å². The maximum atomic E-state index is 5.52. The second kappa shape index (κ2) is 6.58. The van der Waals surface area contributed by atoms with E-state index in [0.29, 0.717) is 12.6 Å². The third kappa shape index (κ3) is 5.54. The molecular weight excluding hydrogens is 190 g/mol. The zero-order chi connectivity index (χ0) is 11.1. The summed E-state index contributed by atoms with van der Waals surface area (Å²) in [5.41, 5.74) is 1.13. The molecule has 1 heterocycles. The van der Waals surface area contributed by atoms with E-state index in [1.54, 1.807) is 4.68 Å². The fraction of sp³-hybridized carbons (Fsp3) is 0.727. The smallest absolute Gasteiger partial charge is 0.0747 e. The van der Waals surface area contributed by atoms with Crippen molar-refractivity contribution < 1.29 is 4.74 Å². The van der Waals surface area contributed by atoms with Gasteiger partial charge in [0.1, 0.15) is 0 Å². The molecule has 0 bridgehead atoms. The van der Waals surface area contributed by atoms with Gasteiger partial charge in [0.15, 0.2) is 0 Å².